The van der Waals surface area contributed by atoms with Gasteiger partial charge in [0.2, 0.25) is 0 Å². The lowest BCUT2D eigenvalue weighted by molar-refractivity contribution is -0.223. The summed E-state index contributed by atoms with van der Waals surface area (Å²) in [4.78, 5) is 0. The number of benzene rings is 4. The van der Waals surface area contributed by atoms with Gasteiger partial charge >= 0.3 is 6.11 Å². The van der Waals surface area contributed by atoms with E-state index in [0.717, 1.165) is 18.9 Å². The van der Waals surface area contributed by atoms with Gasteiger partial charge in [0.15, 0.2) is 17.5 Å². The predicted molar refractivity (Wildman–Crippen MR) is 139 cm³/mol. The third-order valence-corrected chi connectivity index (χ3v) is 7.48. The van der Waals surface area contributed by atoms with E-state index < -0.39 is 41.1 Å². The van der Waals surface area contributed by atoms with Gasteiger partial charge in [-0.25, -0.2) is 22.0 Å². The van der Waals surface area contributed by atoms with Gasteiger partial charge in [0.05, 0.1) is 5.92 Å². The maximum atomic E-state index is 15.1. The van der Waals surface area contributed by atoms with Crippen LogP contribution in [0.5, 0.6) is 5.75 Å². The van der Waals surface area contributed by atoms with Crippen LogP contribution in [0.1, 0.15) is 32.6 Å². The molecule has 0 spiro atoms. The molecule has 1 saturated carbocycles. The smallest absolute Gasteiger partial charge is 0.400 e. The molecule has 0 radical (unpaired) electrons. The molecule has 4 aromatic rings. The first kappa shape index (κ1) is 27.7. The van der Waals surface area contributed by atoms with Crippen LogP contribution in [0.25, 0.3) is 33.4 Å². The standard InChI is InChI=1S/C32H25F7O/c1-18-2-8-23(9-3-18)32(38,39)40-24-10-4-19(5-11-24)20-6-12-25(27(33)14-20)21-7-13-26(28(34)15-21)22-16-29(35)31(37)30(36)17-22/h4-7,10-18,23H,2-3,8-9H2,1H3. The fraction of sp³-hybridized carbons (Fsp3) is 0.250. The average Bonchev–Trinajstić information content (AvgIpc) is 2.92. The normalized spacial score (nSPS) is 17.6. The highest BCUT2D eigenvalue weighted by Crippen LogP contribution is 2.40. The Morgan fingerprint density at radius 2 is 1.05 bits per heavy atom. The maximum Gasteiger partial charge on any atom is 0.400 e. The minimum Gasteiger partial charge on any atom is -0.432 e. The molecule has 0 bridgehead atoms. The van der Waals surface area contributed by atoms with E-state index in [1.807, 2.05) is 0 Å². The summed E-state index contributed by atoms with van der Waals surface area (Å²) in [6.07, 6.45) is -0.967. The zero-order valence-electron chi connectivity index (χ0n) is 21.5. The van der Waals surface area contributed by atoms with Crippen LogP contribution in [-0.2, 0) is 0 Å². The zero-order valence-corrected chi connectivity index (χ0v) is 21.5. The lowest BCUT2D eigenvalue weighted by Crippen LogP contribution is -2.36. The van der Waals surface area contributed by atoms with Gasteiger partial charge in [-0.3, -0.25) is 0 Å². The summed E-state index contributed by atoms with van der Waals surface area (Å²) in [5.41, 5.74) is 0.910. The molecule has 4 aromatic carbocycles. The van der Waals surface area contributed by atoms with Crippen LogP contribution in [-0.4, -0.2) is 6.11 Å². The molecule has 1 nitrogen and oxygen atoms in total. The Kier molecular flexibility index (Phi) is 7.62. The lowest BCUT2D eigenvalue weighted by atomic mass is 9.82. The summed E-state index contributed by atoms with van der Waals surface area (Å²) >= 11 is 0. The van der Waals surface area contributed by atoms with Gasteiger partial charge in [0.25, 0.3) is 0 Å². The van der Waals surface area contributed by atoms with Crippen molar-refractivity contribution in [3.05, 3.63) is 102 Å². The van der Waals surface area contributed by atoms with E-state index in [1.54, 1.807) is 18.2 Å². The summed E-state index contributed by atoms with van der Waals surface area (Å²) in [6.45, 7) is 2.06. The van der Waals surface area contributed by atoms with Crippen LogP contribution < -0.4 is 4.74 Å². The van der Waals surface area contributed by atoms with E-state index in [9.17, 15) is 26.3 Å². The van der Waals surface area contributed by atoms with E-state index in [1.165, 1.54) is 36.4 Å². The third kappa shape index (κ3) is 5.71. The van der Waals surface area contributed by atoms with Crippen molar-refractivity contribution in [2.45, 2.75) is 38.7 Å². The Morgan fingerprint density at radius 3 is 1.62 bits per heavy atom. The maximum absolute atomic E-state index is 15.1. The highest BCUT2D eigenvalue weighted by molar-refractivity contribution is 5.74. The molecule has 1 aliphatic rings. The summed E-state index contributed by atoms with van der Waals surface area (Å²) in [5.74, 6) is -6.47. The molecule has 0 unspecified atom stereocenters. The van der Waals surface area contributed by atoms with E-state index in [2.05, 4.69) is 6.92 Å². The number of alkyl halides is 2. The second kappa shape index (κ2) is 11.0. The molecule has 0 amide bonds. The van der Waals surface area contributed by atoms with Gasteiger partial charge in [0.1, 0.15) is 17.4 Å². The predicted octanol–water partition coefficient (Wildman–Crippen LogP) is 10.2. The van der Waals surface area contributed by atoms with Crippen molar-refractivity contribution in [1.82, 2.24) is 0 Å². The van der Waals surface area contributed by atoms with Gasteiger partial charge < -0.3 is 4.74 Å². The molecule has 0 atom stereocenters. The van der Waals surface area contributed by atoms with Crippen molar-refractivity contribution in [3.63, 3.8) is 0 Å². The Balaban J connectivity index is 1.32. The van der Waals surface area contributed by atoms with Gasteiger partial charge in [-0.05, 0) is 77.4 Å². The van der Waals surface area contributed by atoms with Crippen LogP contribution in [0.15, 0.2) is 72.8 Å². The molecule has 1 fully saturated rings. The first-order valence-corrected chi connectivity index (χ1v) is 12.9. The molecular formula is C32H25F7O. The van der Waals surface area contributed by atoms with E-state index >= 15 is 4.39 Å². The quantitative estimate of drug-likeness (QED) is 0.169. The fourth-order valence-electron chi connectivity index (χ4n) is 5.11. The Labute approximate surface area is 227 Å². The van der Waals surface area contributed by atoms with Gasteiger partial charge in [-0.1, -0.05) is 56.2 Å². The summed E-state index contributed by atoms with van der Waals surface area (Å²) in [7, 11) is 0. The van der Waals surface area contributed by atoms with Crippen LogP contribution in [0.3, 0.4) is 0 Å². The van der Waals surface area contributed by atoms with Crippen molar-refractivity contribution >= 4 is 0 Å². The van der Waals surface area contributed by atoms with Gasteiger partial charge in [-0.2, -0.15) is 8.78 Å². The number of hydrogen-bond donors (Lipinski definition) is 0. The average molecular weight is 559 g/mol. The second-order valence-electron chi connectivity index (χ2n) is 10.3. The molecule has 0 N–H and O–H groups in total. The molecule has 0 heterocycles. The van der Waals surface area contributed by atoms with Crippen molar-refractivity contribution < 1.29 is 35.5 Å². The van der Waals surface area contributed by atoms with Crippen molar-refractivity contribution in [2.24, 2.45) is 11.8 Å². The molecule has 208 valence electrons. The lowest BCUT2D eigenvalue weighted by Gasteiger charge is -2.32. The highest BCUT2D eigenvalue weighted by Gasteiger charge is 2.43. The summed E-state index contributed by atoms with van der Waals surface area (Å²) in [5, 5.41) is 0. The summed E-state index contributed by atoms with van der Waals surface area (Å²) in [6, 6.07) is 15.2. The topological polar surface area (TPSA) is 9.23 Å². The third-order valence-electron chi connectivity index (χ3n) is 7.48. The number of halogens is 7. The Bertz CT molecular complexity index is 1500. The second-order valence-corrected chi connectivity index (χ2v) is 10.3. The number of ether oxygens (including phenoxy) is 1. The molecule has 8 heteroatoms. The van der Waals surface area contributed by atoms with E-state index in [0.29, 0.717) is 42.0 Å². The van der Waals surface area contributed by atoms with Crippen molar-refractivity contribution in [1.29, 1.82) is 0 Å². The van der Waals surface area contributed by atoms with Crippen LogP contribution in [0.2, 0.25) is 0 Å². The molecule has 0 aliphatic heterocycles. The van der Waals surface area contributed by atoms with Crippen LogP contribution in [0.4, 0.5) is 30.7 Å². The van der Waals surface area contributed by atoms with Crippen LogP contribution >= 0.6 is 0 Å². The molecular weight excluding hydrogens is 533 g/mol. The minimum atomic E-state index is -3.28. The van der Waals surface area contributed by atoms with Crippen LogP contribution in [0, 0.1) is 40.9 Å². The van der Waals surface area contributed by atoms with Gasteiger partial charge in [0, 0.05) is 11.1 Å². The summed E-state index contributed by atoms with van der Waals surface area (Å²) < 4.78 is 105. The monoisotopic (exact) mass is 558 g/mol. The van der Waals surface area contributed by atoms with Crippen molar-refractivity contribution in [2.75, 3.05) is 0 Å². The zero-order chi connectivity index (χ0) is 28.6. The highest BCUT2D eigenvalue weighted by atomic mass is 19.3. The molecule has 1 aliphatic carbocycles. The minimum absolute atomic E-state index is 0.0148. The van der Waals surface area contributed by atoms with Crippen molar-refractivity contribution in [3.8, 4) is 39.1 Å². The molecule has 40 heavy (non-hydrogen) atoms. The first-order valence-electron chi connectivity index (χ1n) is 12.9. The molecule has 0 aromatic heterocycles. The largest absolute Gasteiger partial charge is 0.432 e. The molecule has 5 rings (SSSR count). The Morgan fingerprint density at radius 1 is 0.575 bits per heavy atom. The molecule has 0 saturated heterocycles. The number of rotatable bonds is 6. The first-order chi connectivity index (χ1) is 19.0. The fourth-order valence-corrected chi connectivity index (χ4v) is 5.11. The number of hydrogen-bond acceptors (Lipinski definition) is 1. The van der Waals surface area contributed by atoms with Gasteiger partial charge in [-0.15, -0.1) is 0 Å². The van der Waals surface area contributed by atoms with E-state index in [4.69, 9.17) is 4.74 Å². The SMILES string of the molecule is CC1CCC(C(F)(F)Oc2ccc(-c3ccc(-c4ccc(-c5cc(F)c(F)c(F)c5)c(F)c4)c(F)c3)cc2)CC1. The Hall–Kier alpha value is -3.81. The van der Waals surface area contributed by atoms with E-state index in [-0.39, 0.29) is 28.0 Å².